The minimum atomic E-state index is -0.136. The number of anilines is 1. The minimum absolute atomic E-state index is 0.136. The highest BCUT2D eigenvalue weighted by molar-refractivity contribution is 6.04. The third-order valence-corrected chi connectivity index (χ3v) is 4.08. The average molecular weight is 345 g/mol. The molecule has 3 aromatic carbocycles. The number of carbonyl (C=O) groups is 1. The van der Waals surface area contributed by atoms with Crippen LogP contribution in [0, 0.1) is 13.8 Å². The summed E-state index contributed by atoms with van der Waals surface area (Å²) in [4.78, 5) is 12.5. The zero-order valence-electron chi connectivity index (χ0n) is 15.2. The Morgan fingerprint density at radius 2 is 1.62 bits per heavy atom. The normalized spacial score (nSPS) is 10.4. The van der Waals surface area contributed by atoms with Crippen molar-refractivity contribution in [3.8, 4) is 5.75 Å². The molecule has 26 heavy (non-hydrogen) atoms. The summed E-state index contributed by atoms with van der Waals surface area (Å²) in [5.74, 6) is 0.567. The Hall–Kier alpha value is -3.07. The van der Waals surface area contributed by atoms with Gasteiger partial charge in [-0.25, -0.2) is 0 Å². The average Bonchev–Trinajstić information content (AvgIpc) is 2.62. The van der Waals surface area contributed by atoms with Crippen molar-refractivity contribution in [2.45, 2.75) is 20.3 Å². The summed E-state index contributed by atoms with van der Waals surface area (Å²) in [6.45, 7) is 4.61. The smallest absolute Gasteiger partial charge is 0.255 e. The fourth-order valence-corrected chi connectivity index (χ4v) is 2.91. The van der Waals surface area contributed by atoms with Gasteiger partial charge in [0.1, 0.15) is 5.75 Å². The Balaban J connectivity index is 1.61. The topological polar surface area (TPSA) is 38.3 Å². The Kier molecular flexibility index (Phi) is 5.69. The fourth-order valence-electron chi connectivity index (χ4n) is 2.91. The van der Waals surface area contributed by atoms with Crippen molar-refractivity contribution >= 4 is 11.6 Å². The molecule has 0 saturated heterocycles. The van der Waals surface area contributed by atoms with Crippen LogP contribution < -0.4 is 10.1 Å². The van der Waals surface area contributed by atoms with E-state index in [2.05, 4.69) is 23.5 Å². The summed E-state index contributed by atoms with van der Waals surface area (Å²) < 4.78 is 5.81. The molecular weight excluding hydrogens is 322 g/mol. The first kappa shape index (κ1) is 17.7. The van der Waals surface area contributed by atoms with Gasteiger partial charge in [0.15, 0.2) is 0 Å². The Morgan fingerprint density at radius 1 is 0.885 bits per heavy atom. The van der Waals surface area contributed by atoms with Crippen LogP contribution in [0.25, 0.3) is 0 Å². The highest BCUT2D eigenvalue weighted by Gasteiger charge is 2.08. The van der Waals surface area contributed by atoms with Gasteiger partial charge >= 0.3 is 0 Å². The molecule has 0 atom stereocenters. The zero-order chi connectivity index (χ0) is 18.4. The number of benzene rings is 3. The van der Waals surface area contributed by atoms with Crippen molar-refractivity contribution in [1.82, 2.24) is 0 Å². The maximum Gasteiger partial charge on any atom is 0.255 e. The highest BCUT2D eigenvalue weighted by atomic mass is 16.5. The molecule has 3 nitrogen and oxygen atoms in total. The number of aryl methyl sites for hydroxylation is 2. The maximum absolute atomic E-state index is 12.5. The number of nitrogens with one attached hydrogen (secondary N) is 1. The van der Waals surface area contributed by atoms with E-state index in [0.717, 1.165) is 23.2 Å². The van der Waals surface area contributed by atoms with E-state index in [-0.39, 0.29) is 5.91 Å². The van der Waals surface area contributed by atoms with Gasteiger partial charge in [0.25, 0.3) is 5.91 Å². The van der Waals surface area contributed by atoms with Gasteiger partial charge < -0.3 is 10.1 Å². The first-order chi connectivity index (χ1) is 12.6. The first-order valence-corrected chi connectivity index (χ1v) is 8.76. The Morgan fingerprint density at radius 3 is 2.35 bits per heavy atom. The monoisotopic (exact) mass is 345 g/mol. The zero-order valence-corrected chi connectivity index (χ0v) is 15.2. The number of ether oxygens (including phenoxy) is 1. The van der Waals surface area contributed by atoms with E-state index < -0.39 is 0 Å². The minimum Gasteiger partial charge on any atom is -0.493 e. The van der Waals surface area contributed by atoms with Crippen molar-refractivity contribution in [2.24, 2.45) is 0 Å². The van der Waals surface area contributed by atoms with Crippen LogP contribution in [0.4, 0.5) is 5.69 Å². The van der Waals surface area contributed by atoms with Crippen LogP contribution in [-0.2, 0) is 6.42 Å². The highest BCUT2D eigenvalue weighted by Crippen LogP contribution is 2.18. The molecule has 0 heterocycles. The van der Waals surface area contributed by atoms with Crippen LogP contribution in [0.1, 0.15) is 27.0 Å². The van der Waals surface area contributed by atoms with Crippen molar-refractivity contribution < 1.29 is 9.53 Å². The molecule has 0 bridgehead atoms. The van der Waals surface area contributed by atoms with Gasteiger partial charge in [-0.2, -0.15) is 0 Å². The van der Waals surface area contributed by atoms with Crippen LogP contribution in [0.15, 0.2) is 72.8 Å². The summed E-state index contributed by atoms with van der Waals surface area (Å²) >= 11 is 0. The van der Waals surface area contributed by atoms with E-state index in [1.165, 1.54) is 5.56 Å². The van der Waals surface area contributed by atoms with E-state index in [4.69, 9.17) is 4.74 Å². The van der Waals surface area contributed by atoms with Crippen molar-refractivity contribution in [3.05, 3.63) is 95.1 Å². The van der Waals surface area contributed by atoms with Gasteiger partial charge in [0, 0.05) is 17.7 Å². The molecular formula is C23H23NO2. The summed E-state index contributed by atoms with van der Waals surface area (Å²) in [5.41, 5.74) is 4.87. The second kappa shape index (κ2) is 8.34. The van der Waals surface area contributed by atoms with E-state index in [9.17, 15) is 4.79 Å². The van der Waals surface area contributed by atoms with Crippen LogP contribution in [0.2, 0.25) is 0 Å². The predicted octanol–water partition coefficient (Wildman–Crippen LogP) is 5.18. The van der Waals surface area contributed by atoms with Crippen molar-refractivity contribution in [2.75, 3.05) is 11.9 Å². The van der Waals surface area contributed by atoms with Gasteiger partial charge in [-0.1, -0.05) is 42.5 Å². The molecule has 0 aliphatic carbocycles. The fraction of sp³-hybridized carbons (Fsp3) is 0.174. The van der Waals surface area contributed by atoms with Gasteiger partial charge in [-0.05, 0) is 60.9 Å². The molecule has 3 rings (SSSR count). The molecule has 0 unspecified atom stereocenters. The number of hydrogen-bond acceptors (Lipinski definition) is 2. The number of hydrogen-bond donors (Lipinski definition) is 1. The number of rotatable bonds is 6. The lowest BCUT2D eigenvalue weighted by Crippen LogP contribution is -2.12. The lowest BCUT2D eigenvalue weighted by molar-refractivity contribution is 0.102. The molecule has 0 aliphatic rings. The molecule has 1 N–H and O–H groups in total. The summed E-state index contributed by atoms with van der Waals surface area (Å²) in [7, 11) is 0. The van der Waals surface area contributed by atoms with E-state index in [1.54, 1.807) is 12.1 Å². The van der Waals surface area contributed by atoms with Crippen LogP contribution in [-0.4, -0.2) is 12.5 Å². The quantitative estimate of drug-likeness (QED) is 0.669. The third kappa shape index (κ3) is 4.96. The predicted molar refractivity (Wildman–Crippen MR) is 106 cm³/mol. The van der Waals surface area contributed by atoms with Crippen LogP contribution in [0.3, 0.4) is 0 Å². The van der Waals surface area contributed by atoms with E-state index in [1.807, 2.05) is 56.3 Å². The Labute approximate surface area is 154 Å². The molecule has 0 spiro atoms. The van der Waals surface area contributed by atoms with E-state index >= 15 is 0 Å². The van der Waals surface area contributed by atoms with Gasteiger partial charge in [0.05, 0.1) is 6.61 Å². The maximum atomic E-state index is 12.5. The second-order valence-corrected chi connectivity index (χ2v) is 6.44. The number of carbonyl (C=O) groups excluding carboxylic acids is 1. The molecule has 0 aliphatic heterocycles. The molecule has 3 aromatic rings. The standard InChI is InChI=1S/C23H23NO2/c1-17-13-18(2)15-21(14-17)24-23(25)20-9-6-10-22(16-20)26-12-11-19-7-4-3-5-8-19/h3-10,13-16H,11-12H2,1-2H3,(H,24,25). The lowest BCUT2D eigenvalue weighted by Gasteiger charge is -2.10. The summed E-state index contributed by atoms with van der Waals surface area (Å²) in [6, 6.07) is 23.5. The van der Waals surface area contributed by atoms with Crippen molar-refractivity contribution in [1.29, 1.82) is 0 Å². The van der Waals surface area contributed by atoms with Gasteiger partial charge in [-0.3, -0.25) is 4.79 Å². The SMILES string of the molecule is Cc1cc(C)cc(NC(=O)c2cccc(OCCc3ccccc3)c2)c1. The molecule has 132 valence electrons. The van der Waals surface area contributed by atoms with Gasteiger partial charge in [0.2, 0.25) is 0 Å². The third-order valence-electron chi connectivity index (χ3n) is 4.08. The molecule has 3 heteroatoms. The second-order valence-electron chi connectivity index (χ2n) is 6.44. The lowest BCUT2D eigenvalue weighted by atomic mass is 10.1. The number of amides is 1. The first-order valence-electron chi connectivity index (χ1n) is 8.76. The molecule has 0 radical (unpaired) electrons. The molecule has 0 aromatic heterocycles. The van der Waals surface area contributed by atoms with Crippen molar-refractivity contribution in [3.63, 3.8) is 0 Å². The van der Waals surface area contributed by atoms with Crippen LogP contribution >= 0.6 is 0 Å². The largest absolute Gasteiger partial charge is 0.493 e. The van der Waals surface area contributed by atoms with Gasteiger partial charge in [-0.15, -0.1) is 0 Å². The summed E-state index contributed by atoms with van der Waals surface area (Å²) in [5, 5.41) is 2.95. The Bertz CT molecular complexity index is 867. The van der Waals surface area contributed by atoms with Crippen LogP contribution in [0.5, 0.6) is 5.75 Å². The molecule has 0 fully saturated rings. The summed E-state index contributed by atoms with van der Waals surface area (Å²) in [6.07, 6.45) is 0.833. The molecule has 0 saturated carbocycles. The van der Waals surface area contributed by atoms with E-state index in [0.29, 0.717) is 17.9 Å². The molecule has 1 amide bonds.